The molecule has 4 nitrogen and oxygen atoms in total. The van der Waals surface area contributed by atoms with E-state index in [1.807, 2.05) is 12.1 Å². The molecule has 1 fully saturated rings. The van der Waals surface area contributed by atoms with Gasteiger partial charge in [-0.3, -0.25) is 0 Å². The first-order chi connectivity index (χ1) is 7.43. The standard InChI is InChI=1S/C11H13N3O/c1-3-8(12-5-1)7-10-9-4-2-6-13-11(9)15-14-10/h2,4,6,8,12H,1,3,5,7H2. The summed E-state index contributed by atoms with van der Waals surface area (Å²) in [4.78, 5) is 4.13. The average Bonchev–Trinajstić information content (AvgIpc) is 2.89. The molecule has 1 aliphatic heterocycles. The summed E-state index contributed by atoms with van der Waals surface area (Å²) in [5.74, 6) is 0. The summed E-state index contributed by atoms with van der Waals surface area (Å²) in [6.45, 7) is 1.12. The highest BCUT2D eigenvalue weighted by molar-refractivity contribution is 5.75. The van der Waals surface area contributed by atoms with Crippen molar-refractivity contribution < 1.29 is 4.52 Å². The molecular formula is C11H13N3O. The van der Waals surface area contributed by atoms with Crippen molar-refractivity contribution in [3.63, 3.8) is 0 Å². The summed E-state index contributed by atoms with van der Waals surface area (Å²) in [5, 5.41) is 8.59. The van der Waals surface area contributed by atoms with E-state index in [4.69, 9.17) is 4.52 Å². The Hall–Kier alpha value is -1.42. The Morgan fingerprint density at radius 2 is 2.53 bits per heavy atom. The van der Waals surface area contributed by atoms with E-state index in [9.17, 15) is 0 Å². The number of rotatable bonds is 2. The van der Waals surface area contributed by atoms with Crippen molar-refractivity contribution in [3.8, 4) is 0 Å². The Bertz CT molecular complexity index is 460. The van der Waals surface area contributed by atoms with Crippen molar-refractivity contribution in [1.29, 1.82) is 0 Å². The maximum atomic E-state index is 5.17. The molecule has 1 N–H and O–H groups in total. The molecular weight excluding hydrogens is 190 g/mol. The lowest BCUT2D eigenvalue weighted by Gasteiger charge is -2.06. The molecule has 2 aromatic rings. The molecule has 0 spiro atoms. The highest BCUT2D eigenvalue weighted by atomic mass is 16.5. The number of nitrogens with zero attached hydrogens (tertiary/aromatic N) is 2. The molecule has 2 aromatic heterocycles. The largest absolute Gasteiger partial charge is 0.336 e. The molecule has 1 atom stereocenters. The predicted octanol–water partition coefficient (Wildman–Crippen LogP) is 1.52. The molecule has 4 heteroatoms. The summed E-state index contributed by atoms with van der Waals surface area (Å²) in [6.07, 6.45) is 5.16. The van der Waals surface area contributed by atoms with Crippen LogP contribution in [-0.2, 0) is 6.42 Å². The minimum atomic E-state index is 0.554. The lowest BCUT2D eigenvalue weighted by molar-refractivity contribution is 0.432. The van der Waals surface area contributed by atoms with E-state index in [-0.39, 0.29) is 0 Å². The molecule has 15 heavy (non-hydrogen) atoms. The van der Waals surface area contributed by atoms with Gasteiger partial charge in [0.2, 0.25) is 0 Å². The third-order valence-electron chi connectivity index (χ3n) is 2.93. The van der Waals surface area contributed by atoms with Gasteiger partial charge >= 0.3 is 0 Å². The van der Waals surface area contributed by atoms with Gasteiger partial charge in [0.05, 0.1) is 11.1 Å². The van der Waals surface area contributed by atoms with Crippen molar-refractivity contribution >= 4 is 11.1 Å². The topological polar surface area (TPSA) is 51.0 Å². The van der Waals surface area contributed by atoms with Crippen molar-refractivity contribution in [1.82, 2.24) is 15.5 Å². The van der Waals surface area contributed by atoms with Gasteiger partial charge in [-0.05, 0) is 31.5 Å². The quantitative estimate of drug-likeness (QED) is 0.804. The zero-order valence-corrected chi connectivity index (χ0v) is 8.44. The zero-order valence-electron chi connectivity index (χ0n) is 8.44. The fourth-order valence-electron chi connectivity index (χ4n) is 2.14. The third kappa shape index (κ3) is 1.61. The van der Waals surface area contributed by atoms with Crippen molar-refractivity contribution in [2.45, 2.75) is 25.3 Å². The average molecular weight is 203 g/mol. The van der Waals surface area contributed by atoms with Crippen molar-refractivity contribution in [2.75, 3.05) is 6.54 Å². The van der Waals surface area contributed by atoms with Crippen LogP contribution in [0.4, 0.5) is 0 Å². The molecule has 3 heterocycles. The fraction of sp³-hybridized carbons (Fsp3) is 0.455. The molecule has 0 bridgehead atoms. The van der Waals surface area contributed by atoms with Crippen LogP contribution in [0.1, 0.15) is 18.5 Å². The predicted molar refractivity (Wildman–Crippen MR) is 56.5 cm³/mol. The van der Waals surface area contributed by atoms with Crippen molar-refractivity contribution in [3.05, 3.63) is 24.0 Å². The molecule has 0 radical (unpaired) electrons. The van der Waals surface area contributed by atoms with Gasteiger partial charge in [-0.15, -0.1) is 0 Å². The molecule has 0 saturated carbocycles. The second kappa shape index (κ2) is 3.62. The summed E-state index contributed by atoms with van der Waals surface area (Å²) in [6, 6.07) is 4.49. The summed E-state index contributed by atoms with van der Waals surface area (Å²) in [7, 11) is 0. The van der Waals surface area contributed by atoms with Gasteiger partial charge < -0.3 is 9.84 Å². The van der Waals surface area contributed by atoms with Crippen LogP contribution in [0.5, 0.6) is 0 Å². The van der Waals surface area contributed by atoms with Gasteiger partial charge in [0.25, 0.3) is 5.71 Å². The Kier molecular flexibility index (Phi) is 2.14. The summed E-state index contributed by atoms with van der Waals surface area (Å²) < 4.78 is 5.17. The number of hydrogen-bond donors (Lipinski definition) is 1. The molecule has 0 amide bonds. The van der Waals surface area contributed by atoms with E-state index in [2.05, 4.69) is 15.5 Å². The number of aromatic nitrogens is 2. The van der Waals surface area contributed by atoms with Gasteiger partial charge in [0.15, 0.2) is 0 Å². The first-order valence-electron chi connectivity index (χ1n) is 5.36. The molecule has 0 aliphatic carbocycles. The van der Waals surface area contributed by atoms with Gasteiger partial charge in [0, 0.05) is 18.7 Å². The molecule has 0 aromatic carbocycles. The Balaban J connectivity index is 1.90. The van der Waals surface area contributed by atoms with E-state index in [1.165, 1.54) is 12.8 Å². The van der Waals surface area contributed by atoms with Gasteiger partial charge in [0.1, 0.15) is 0 Å². The maximum Gasteiger partial charge on any atom is 0.257 e. The number of hydrogen-bond acceptors (Lipinski definition) is 4. The van der Waals surface area contributed by atoms with Gasteiger partial charge in [-0.1, -0.05) is 5.16 Å². The first kappa shape index (κ1) is 8.85. The maximum absolute atomic E-state index is 5.17. The Morgan fingerprint density at radius 3 is 3.40 bits per heavy atom. The summed E-state index contributed by atoms with van der Waals surface area (Å²) in [5.41, 5.74) is 1.67. The molecule has 3 rings (SSSR count). The Labute approximate surface area is 87.7 Å². The molecule has 78 valence electrons. The monoisotopic (exact) mass is 203 g/mol. The van der Waals surface area contributed by atoms with Crippen LogP contribution in [0.25, 0.3) is 11.1 Å². The van der Waals surface area contributed by atoms with Crippen LogP contribution in [0.2, 0.25) is 0 Å². The van der Waals surface area contributed by atoms with Crippen LogP contribution in [-0.4, -0.2) is 22.7 Å². The van der Waals surface area contributed by atoms with Crippen LogP contribution >= 0.6 is 0 Å². The fourth-order valence-corrected chi connectivity index (χ4v) is 2.14. The normalized spacial score (nSPS) is 21.2. The van der Waals surface area contributed by atoms with E-state index in [0.29, 0.717) is 11.8 Å². The zero-order chi connectivity index (χ0) is 10.1. The van der Waals surface area contributed by atoms with E-state index < -0.39 is 0 Å². The minimum absolute atomic E-state index is 0.554. The second-order valence-corrected chi connectivity index (χ2v) is 3.98. The summed E-state index contributed by atoms with van der Waals surface area (Å²) >= 11 is 0. The highest BCUT2D eigenvalue weighted by Gasteiger charge is 2.18. The number of nitrogens with one attached hydrogen (secondary N) is 1. The molecule has 1 unspecified atom stereocenters. The van der Waals surface area contributed by atoms with E-state index >= 15 is 0 Å². The Morgan fingerprint density at radius 1 is 1.53 bits per heavy atom. The molecule has 1 aliphatic rings. The minimum Gasteiger partial charge on any atom is -0.336 e. The number of fused-ring (bicyclic) bond motifs is 1. The lowest BCUT2D eigenvalue weighted by Crippen LogP contribution is -2.23. The van der Waals surface area contributed by atoms with Crippen LogP contribution in [0.3, 0.4) is 0 Å². The van der Waals surface area contributed by atoms with Crippen molar-refractivity contribution in [2.24, 2.45) is 0 Å². The second-order valence-electron chi connectivity index (χ2n) is 3.98. The SMILES string of the molecule is c1cnc2onc(CC3CCCN3)c2c1. The van der Waals surface area contributed by atoms with Gasteiger partial charge in [-0.25, -0.2) is 4.98 Å². The van der Waals surface area contributed by atoms with Gasteiger partial charge in [-0.2, -0.15) is 0 Å². The van der Waals surface area contributed by atoms with Crippen LogP contribution in [0, 0.1) is 0 Å². The number of pyridine rings is 1. The highest BCUT2D eigenvalue weighted by Crippen LogP contribution is 2.19. The third-order valence-corrected chi connectivity index (χ3v) is 2.93. The smallest absolute Gasteiger partial charge is 0.257 e. The molecule has 1 saturated heterocycles. The van der Waals surface area contributed by atoms with E-state index in [1.54, 1.807) is 6.20 Å². The lowest BCUT2D eigenvalue weighted by atomic mass is 10.1. The first-order valence-corrected chi connectivity index (χ1v) is 5.36. The van der Waals surface area contributed by atoms with Crippen LogP contribution in [0.15, 0.2) is 22.9 Å². The van der Waals surface area contributed by atoms with E-state index in [0.717, 1.165) is 24.0 Å². The van der Waals surface area contributed by atoms with Crippen LogP contribution < -0.4 is 5.32 Å².